The molecule has 36 heavy (non-hydrogen) atoms. The summed E-state index contributed by atoms with van der Waals surface area (Å²) in [5.41, 5.74) is 3.20. The fraction of sp³-hybridized carbons (Fsp3) is 0.360. The molecule has 1 aromatic carbocycles. The maximum absolute atomic E-state index is 12.7. The van der Waals surface area contributed by atoms with Gasteiger partial charge in [0.05, 0.1) is 42.5 Å². The maximum atomic E-state index is 12.7. The predicted molar refractivity (Wildman–Crippen MR) is 135 cm³/mol. The fourth-order valence-corrected chi connectivity index (χ4v) is 5.25. The Bertz CT molecular complexity index is 1500. The first kappa shape index (κ1) is 23.0. The third-order valence-electron chi connectivity index (χ3n) is 6.73. The van der Waals surface area contributed by atoms with Crippen LogP contribution in [0.4, 0.5) is 4.79 Å². The first-order chi connectivity index (χ1) is 17.3. The van der Waals surface area contributed by atoms with Crippen LogP contribution in [-0.2, 0) is 22.6 Å². The molecule has 2 fully saturated rings. The standard InChI is InChI=1S/C25H26ClN7O3/c1-25(2)23(34)32(24(35)30-25)11-15-7-20-21(28-14-29-33(20)12-15)19-9-17(26)8-16-3-5-31(22(16)19)13-18-10-27-4-6-36-18/h3,5,7-9,12,14,18,27H,4,6,10-11,13H2,1-2H3,(H,30,35)/t18-/m0/s1. The first-order valence-corrected chi connectivity index (χ1v) is 12.3. The smallest absolute Gasteiger partial charge is 0.325 e. The summed E-state index contributed by atoms with van der Waals surface area (Å²) in [4.78, 5) is 30.9. The average Bonchev–Trinajstić information content (AvgIpc) is 3.50. The van der Waals surface area contributed by atoms with Crippen LogP contribution in [-0.4, -0.2) is 67.3 Å². The number of hydrogen-bond acceptors (Lipinski definition) is 6. The summed E-state index contributed by atoms with van der Waals surface area (Å²) >= 11 is 6.52. The molecule has 10 nitrogen and oxygen atoms in total. The van der Waals surface area contributed by atoms with Gasteiger partial charge < -0.3 is 19.9 Å². The monoisotopic (exact) mass is 507 g/mol. The third-order valence-corrected chi connectivity index (χ3v) is 6.95. The Morgan fingerprint density at radius 2 is 2.11 bits per heavy atom. The number of ether oxygens (including phenoxy) is 1. The molecular formula is C25H26ClN7O3. The number of hydrogen-bond donors (Lipinski definition) is 2. The Morgan fingerprint density at radius 3 is 2.86 bits per heavy atom. The van der Waals surface area contributed by atoms with Crippen molar-refractivity contribution in [3.05, 3.63) is 53.6 Å². The molecule has 186 valence electrons. The molecule has 4 aromatic rings. The summed E-state index contributed by atoms with van der Waals surface area (Å²) in [5.74, 6) is -0.261. The van der Waals surface area contributed by atoms with Crippen LogP contribution in [0.15, 0.2) is 43.0 Å². The summed E-state index contributed by atoms with van der Waals surface area (Å²) in [7, 11) is 0. The lowest BCUT2D eigenvalue weighted by Gasteiger charge is -2.24. The van der Waals surface area contributed by atoms with Crippen molar-refractivity contribution in [2.24, 2.45) is 0 Å². The minimum atomic E-state index is -0.920. The molecule has 2 aliphatic heterocycles. The normalized spacial score (nSPS) is 20.0. The van der Waals surface area contributed by atoms with Crippen molar-refractivity contribution in [3.8, 4) is 11.3 Å². The van der Waals surface area contributed by atoms with Crippen molar-refractivity contribution in [1.29, 1.82) is 0 Å². The van der Waals surface area contributed by atoms with Crippen molar-refractivity contribution in [2.45, 2.75) is 38.6 Å². The molecule has 0 unspecified atom stereocenters. The highest BCUT2D eigenvalue weighted by Crippen LogP contribution is 2.34. The number of imide groups is 1. The molecule has 1 atom stereocenters. The number of amides is 3. The molecule has 5 heterocycles. The third kappa shape index (κ3) is 3.91. The zero-order chi connectivity index (χ0) is 25.0. The number of urea groups is 1. The number of rotatable bonds is 5. The number of morpholine rings is 1. The van der Waals surface area contributed by atoms with E-state index in [0.717, 1.165) is 40.6 Å². The zero-order valence-corrected chi connectivity index (χ0v) is 20.7. The highest BCUT2D eigenvalue weighted by Gasteiger charge is 2.44. The van der Waals surface area contributed by atoms with Crippen molar-refractivity contribution >= 4 is 40.0 Å². The van der Waals surface area contributed by atoms with Crippen LogP contribution in [0, 0.1) is 0 Å². The van der Waals surface area contributed by atoms with Crippen LogP contribution < -0.4 is 10.6 Å². The number of carbonyl (C=O) groups is 2. The van der Waals surface area contributed by atoms with Crippen molar-refractivity contribution < 1.29 is 14.3 Å². The second kappa shape index (κ2) is 8.58. The number of aromatic nitrogens is 4. The van der Waals surface area contributed by atoms with E-state index in [1.54, 1.807) is 18.4 Å². The molecule has 2 saturated heterocycles. The number of carbonyl (C=O) groups excluding carboxylic acids is 2. The van der Waals surface area contributed by atoms with Gasteiger partial charge in [-0.2, -0.15) is 5.10 Å². The molecule has 0 saturated carbocycles. The van der Waals surface area contributed by atoms with Gasteiger partial charge in [-0.25, -0.2) is 14.3 Å². The van der Waals surface area contributed by atoms with Crippen LogP contribution in [0.2, 0.25) is 5.02 Å². The molecule has 6 rings (SSSR count). The number of nitrogens with one attached hydrogen (secondary N) is 2. The maximum Gasteiger partial charge on any atom is 0.325 e. The van der Waals surface area contributed by atoms with Gasteiger partial charge in [0.1, 0.15) is 11.9 Å². The number of nitrogens with zero attached hydrogens (tertiary/aromatic N) is 5. The van der Waals surface area contributed by atoms with Crippen LogP contribution >= 0.6 is 11.6 Å². The van der Waals surface area contributed by atoms with E-state index in [1.165, 1.54) is 11.2 Å². The van der Waals surface area contributed by atoms with E-state index < -0.39 is 11.6 Å². The van der Waals surface area contributed by atoms with E-state index in [4.69, 9.17) is 16.3 Å². The van der Waals surface area contributed by atoms with E-state index in [9.17, 15) is 9.59 Å². The van der Waals surface area contributed by atoms with Crippen molar-refractivity contribution in [3.63, 3.8) is 0 Å². The van der Waals surface area contributed by atoms with Crippen LogP contribution in [0.25, 0.3) is 27.7 Å². The Hall–Kier alpha value is -3.47. The van der Waals surface area contributed by atoms with Gasteiger partial charge in [0.15, 0.2) is 0 Å². The molecule has 0 aliphatic carbocycles. The van der Waals surface area contributed by atoms with Gasteiger partial charge >= 0.3 is 6.03 Å². The van der Waals surface area contributed by atoms with Gasteiger partial charge in [0.25, 0.3) is 5.91 Å². The second-order valence-corrected chi connectivity index (χ2v) is 10.2. The molecule has 2 N–H and O–H groups in total. The summed E-state index contributed by atoms with van der Waals surface area (Å²) in [6.07, 6.45) is 5.42. The summed E-state index contributed by atoms with van der Waals surface area (Å²) in [6.45, 7) is 6.58. The summed E-state index contributed by atoms with van der Waals surface area (Å²) < 4.78 is 9.83. The van der Waals surface area contributed by atoms with Crippen molar-refractivity contribution in [2.75, 3.05) is 19.7 Å². The average molecular weight is 508 g/mol. The molecule has 3 aromatic heterocycles. The fourth-order valence-electron chi connectivity index (χ4n) is 5.02. The molecule has 2 aliphatic rings. The minimum Gasteiger partial charge on any atom is -0.374 e. The van der Waals surface area contributed by atoms with Gasteiger partial charge in [0.2, 0.25) is 0 Å². The Balaban J connectivity index is 1.41. The lowest BCUT2D eigenvalue weighted by Crippen LogP contribution is -2.40. The van der Waals surface area contributed by atoms with Crippen LogP contribution in [0.3, 0.4) is 0 Å². The molecule has 0 bridgehead atoms. The SMILES string of the molecule is CC1(C)NC(=O)N(Cc2cc3c(-c4cc(Cl)cc5ccn(C[C@@H]6CNCCO6)c45)ncnn3c2)C1=O. The molecule has 3 amide bonds. The minimum absolute atomic E-state index is 0.0663. The second-order valence-electron chi connectivity index (χ2n) is 9.79. The van der Waals surface area contributed by atoms with E-state index in [-0.39, 0.29) is 18.6 Å². The van der Waals surface area contributed by atoms with Gasteiger partial charge in [-0.15, -0.1) is 0 Å². The molecule has 0 spiro atoms. The largest absolute Gasteiger partial charge is 0.374 e. The van der Waals surface area contributed by atoms with E-state index >= 15 is 0 Å². The highest BCUT2D eigenvalue weighted by atomic mass is 35.5. The van der Waals surface area contributed by atoms with Gasteiger partial charge in [-0.3, -0.25) is 9.69 Å². The summed E-state index contributed by atoms with van der Waals surface area (Å²) in [6, 6.07) is 7.41. The summed E-state index contributed by atoms with van der Waals surface area (Å²) in [5, 5.41) is 12.1. The van der Waals surface area contributed by atoms with Gasteiger partial charge in [-0.05, 0) is 43.7 Å². The van der Waals surface area contributed by atoms with Crippen LogP contribution in [0.1, 0.15) is 19.4 Å². The zero-order valence-electron chi connectivity index (χ0n) is 20.0. The topological polar surface area (TPSA) is 106 Å². The van der Waals surface area contributed by atoms with E-state index in [2.05, 4.69) is 25.3 Å². The number of benzene rings is 1. The van der Waals surface area contributed by atoms with Gasteiger partial charge in [0, 0.05) is 41.5 Å². The number of fused-ring (bicyclic) bond motifs is 2. The van der Waals surface area contributed by atoms with E-state index in [1.807, 2.05) is 36.7 Å². The molecule has 11 heteroatoms. The first-order valence-electron chi connectivity index (χ1n) is 11.9. The predicted octanol–water partition coefficient (Wildman–Crippen LogP) is 2.82. The Labute approximate surface area is 212 Å². The van der Waals surface area contributed by atoms with E-state index in [0.29, 0.717) is 23.9 Å². The molecule has 0 radical (unpaired) electrons. The van der Waals surface area contributed by atoms with Crippen molar-refractivity contribution in [1.82, 2.24) is 34.7 Å². The Kier molecular flexibility index (Phi) is 5.47. The molecular weight excluding hydrogens is 482 g/mol. The lowest BCUT2D eigenvalue weighted by molar-refractivity contribution is -0.130. The quantitative estimate of drug-likeness (QED) is 0.402. The van der Waals surface area contributed by atoms with Crippen LogP contribution in [0.5, 0.6) is 0 Å². The Morgan fingerprint density at radius 1 is 1.25 bits per heavy atom. The number of halogens is 1. The highest BCUT2D eigenvalue weighted by molar-refractivity contribution is 6.32. The lowest BCUT2D eigenvalue weighted by atomic mass is 10.1. The van der Waals surface area contributed by atoms with Gasteiger partial charge in [-0.1, -0.05) is 11.6 Å².